The van der Waals surface area contributed by atoms with Crippen molar-refractivity contribution in [3.63, 3.8) is 0 Å². The average Bonchev–Trinajstić information content (AvgIpc) is 2.95. The third-order valence-corrected chi connectivity index (χ3v) is 3.12. The van der Waals surface area contributed by atoms with Gasteiger partial charge in [0.15, 0.2) is 0 Å². The van der Waals surface area contributed by atoms with Gasteiger partial charge in [0.1, 0.15) is 11.9 Å². The van der Waals surface area contributed by atoms with Crippen molar-refractivity contribution in [1.82, 2.24) is 15.5 Å². The number of aromatic amines is 1. The molecule has 2 aromatic rings. The average molecular weight is 286 g/mol. The van der Waals surface area contributed by atoms with E-state index in [9.17, 15) is 9.59 Å². The molecule has 21 heavy (non-hydrogen) atoms. The second-order valence-electron chi connectivity index (χ2n) is 4.67. The number of H-pyrrole nitrogens is 1. The predicted octanol–water partition coefficient (Wildman–Crippen LogP) is 1.73. The van der Waals surface area contributed by atoms with Gasteiger partial charge in [0.25, 0.3) is 5.91 Å². The van der Waals surface area contributed by atoms with Crippen molar-refractivity contribution in [1.29, 1.82) is 0 Å². The molecule has 0 fully saturated rings. The smallest absolute Gasteiger partial charge is 0.251 e. The first-order valence-corrected chi connectivity index (χ1v) is 6.80. The topological polar surface area (TPSA) is 86.9 Å². The number of carbonyl (C=O) groups excluding carboxylic acids is 2. The third kappa shape index (κ3) is 3.68. The van der Waals surface area contributed by atoms with E-state index in [2.05, 4.69) is 20.8 Å². The minimum Gasteiger partial charge on any atom is -0.341 e. The monoisotopic (exact) mass is 286 g/mol. The Labute approximate surface area is 122 Å². The molecule has 0 radical (unpaired) electrons. The molecule has 0 aliphatic rings. The lowest BCUT2D eigenvalue weighted by molar-refractivity contribution is -0.117. The number of aromatic nitrogens is 2. The Bertz CT molecular complexity index is 622. The summed E-state index contributed by atoms with van der Waals surface area (Å²) in [6.07, 6.45) is 2.43. The zero-order chi connectivity index (χ0) is 15.2. The van der Waals surface area contributed by atoms with Crippen molar-refractivity contribution in [3.05, 3.63) is 47.7 Å². The molecule has 0 aliphatic heterocycles. The first-order chi connectivity index (χ1) is 10.1. The molecule has 6 nitrogen and oxygen atoms in total. The number of hydrogen-bond donors (Lipinski definition) is 3. The molecule has 1 atom stereocenters. The SMILES string of the molecule is CCc1cn[nH]c1NC(=O)C(C)NC(=O)c1ccccc1. The number of aryl methyl sites for hydroxylation is 1. The van der Waals surface area contributed by atoms with Gasteiger partial charge in [0.05, 0.1) is 6.20 Å². The first-order valence-electron chi connectivity index (χ1n) is 6.80. The van der Waals surface area contributed by atoms with Gasteiger partial charge in [-0.3, -0.25) is 14.7 Å². The zero-order valence-electron chi connectivity index (χ0n) is 12.0. The van der Waals surface area contributed by atoms with Crippen molar-refractivity contribution in [2.75, 3.05) is 5.32 Å². The van der Waals surface area contributed by atoms with E-state index in [-0.39, 0.29) is 11.8 Å². The fraction of sp³-hybridized carbons (Fsp3) is 0.267. The van der Waals surface area contributed by atoms with Crippen LogP contribution in [0, 0.1) is 0 Å². The number of benzene rings is 1. The summed E-state index contributed by atoms with van der Waals surface area (Å²) in [5.74, 6) is 0.000108. The number of nitrogens with zero attached hydrogens (tertiary/aromatic N) is 1. The van der Waals surface area contributed by atoms with Crippen LogP contribution in [0.4, 0.5) is 5.82 Å². The van der Waals surface area contributed by atoms with Gasteiger partial charge >= 0.3 is 0 Å². The highest BCUT2D eigenvalue weighted by atomic mass is 16.2. The van der Waals surface area contributed by atoms with Gasteiger partial charge in [-0.25, -0.2) is 0 Å². The second kappa shape index (κ2) is 6.69. The number of rotatable bonds is 5. The van der Waals surface area contributed by atoms with Crippen molar-refractivity contribution in [2.45, 2.75) is 26.3 Å². The van der Waals surface area contributed by atoms with E-state index in [0.29, 0.717) is 11.4 Å². The largest absolute Gasteiger partial charge is 0.341 e. The number of anilines is 1. The Kier molecular flexibility index (Phi) is 4.71. The van der Waals surface area contributed by atoms with Crippen molar-refractivity contribution in [2.24, 2.45) is 0 Å². The minimum absolute atomic E-state index is 0.279. The zero-order valence-corrected chi connectivity index (χ0v) is 12.0. The Morgan fingerprint density at radius 1 is 1.29 bits per heavy atom. The highest BCUT2D eigenvalue weighted by molar-refractivity contribution is 6.00. The highest BCUT2D eigenvalue weighted by Crippen LogP contribution is 2.11. The van der Waals surface area contributed by atoms with Gasteiger partial charge in [-0.1, -0.05) is 25.1 Å². The molecule has 2 rings (SSSR count). The first kappa shape index (κ1) is 14.8. The maximum Gasteiger partial charge on any atom is 0.251 e. The highest BCUT2D eigenvalue weighted by Gasteiger charge is 2.18. The molecule has 1 aromatic heterocycles. The lowest BCUT2D eigenvalue weighted by Gasteiger charge is -2.14. The predicted molar refractivity (Wildman–Crippen MR) is 80.0 cm³/mol. The third-order valence-electron chi connectivity index (χ3n) is 3.12. The van der Waals surface area contributed by atoms with Crippen LogP contribution in [0.2, 0.25) is 0 Å². The van der Waals surface area contributed by atoms with Crippen LogP contribution in [0.3, 0.4) is 0 Å². The van der Waals surface area contributed by atoms with Crippen LogP contribution >= 0.6 is 0 Å². The minimum atomic E-state index is -0.647. The molecular formula is C15H18N4O2. The van der Waals surface area contributed by atoms with E-state index in [4.69, 9.17) is 0 Å². The Morgan fingerprint density at radius 3 is 2.67 bits per heavy atom. The summed E-state index contributed by atoms with van der Waals surface area (Å²) < 4.78 is 0. The summed E-state index contributed by atoms with van der Waals surface area (Å²) >= 11 is 0. The molecule has 1 aromatic carbocycles. The maximum atomic E-state index is 12.1. The van der Waals surface area contributed by atoms with Crippen LogP contribution in [-0.2, 0) is 11.2 Å². The fourth-order valence-electron chi connectivity index (χ4n) is 1.85. The Hall–Kier alpha value is -2.63. The number of amides is 2. The van der Waals surface area contributed by atoms with Crippen molar-refractivity contribution < 1.29 is 9.59 Å². The lowest BCUT2D eigenvalue weighted by Crippen LogP contribution is -2.41. The van der Waals surface area contributed by atoms with Crippen LogP contribution in [-0.4, -0.2) is 28.1 Å². The molecule has 0 aliphatic carbocycles. The van der Waals surface area contributed by atoms with Gasteiger partial charge in [-0.2, -0.15) is 5.10 Å². The molecule has 110 valence electrons. The summed E-state index contributed by atoms with van der Waals surface area (Å²) in [6, 6.07) is 8.13. The van der Waals surface area contributed by atoms with Crippen LogP contribution in [0.5, 0.6) is 0 Å². The second-order valence-corrected chi connectivity index (χ2v) is 4.67. The molecular weight excluding hydrogens is 268 g/mol. The van der Waals surface area contributed by atoms with Crippen molar-refractivity contribution in [3.8, 4) is 0 Å². The normalized spacial score (nSPS) is 11.7. The van der Waals surface area contributed by atoms with E-state index in [0.717, 1.165) is 12.0 Å². The van der Waals surface area contributed by atoms with Gasteiger partial charge in [0, 0.05) is 11.1 Å². The van der Waals surface area contributed by atoms with E-state index in [1.165, 1.54) is 0 Å². The molecule has 2 amide bonds. The fourth-order valence-corrected chi connectivity index (χ4v) is 1.85. The summed E-state index contributed by atoms with van der Waals surface area (Å²) in [4.78, 5) is 24.0. The standard InChI is InChI=1S/C15H18N4O2/c1-3-11-9-16-19-13(11)18-14(20)10(2)17-15(21)12-7-5-4-6-8-12/h4-10H,3H2,1-2H3,(H,17,21)(H2,16,18,19,20). The molecule has 1 heterocycles. The molecule has 1 unspecified atom stereocenters. The summed E-state index contributed by atoms with van der Waals surface area (Å²) in [5, 5.41) is 12.0. The summed E-state index contributed by atoms with van der Waals surface area (Å²) in [5.41, 5.74) is 1.44. The molecule has 0 spiro atoms. The van der Waals surface area contributed by atoms with Crippen LogP contribution in [0.1, 0.15) is 29.8 Å². The molecule has 3 N–H and O–H groups in total. The van der Waals surface area contributed by atoms with Gasteiger partial charge in [0.2, 0.25) is 5.91 Å². The van der Waals surface area contributed by atoms with Gasteiger partial charge < -0.3 is 10.6 Å². The van der Waals surface area contributed by atoms with E-state index in [1.807, 2.05) is 13.0 Å². The molecule has 0 saturated carbocycles. The van der Waals surface area contributed by atoms with Crippen molar-refractivity contribution >= 4 is 17.6 Å². The lowest BCUT2D eigenvalue weighted by atomic mass is 10.2. The summed E-state index contributed by atoms with van der Waals surface area (Å²) in [6.45, 7) is 3.61. The molecule has 0 bridgehead atoms. The molecule has 6 heteroatoms. The Morgan fingerprint density at radius 2 is 2.00 bits per heavy atom. The number of carbonyl (C=O) groups is 2. The summed E-state index contributed by atoms with van der Waals surface area (Å²) in [7, 11) is 0. The van der Waals surface area contributed by atoms with Gasteiger partial charge in [-0.05, 0) is 25.5 Å². The number of hydrogen-bond acceptors (Lipinski definition) is 3. The van der Waals surface area contributed by atoms with Crippen LogP contribution < -0.4 is 10.6 Å². The van der Waals surface area contributed by atoms with E-state index < -0.39 is 6.04 Å². The van der Waals surface area contributed by atoms with Crippen LogP contribution in [0.25, 0.3) is 0 Å². The van der Waals surface area contributed by atoms with E-state index in [1.54, 1.807) is 37.4 Å². The van der Waals surface area contributed by atoms with Gasteiger partial charge in [-0.15, -0.1) is 0 Å². The van der Waals surface area contributed by atoms with Crippen LogP contribution in [0.15, 0.2) is 36.5 Å². The van der Waals surface area contributed by atoms with E-state index >= 15 is 0 Å². The Balaban J connectivity index is 1.95. The number of nitrogens with one attached hydrogen (secondary N) is 3. The molecule has 0 saturated heterocycles. The quantitative estimate of drug-likeness (QED) is 0.782. The maximum absolute atomic E-state index is 12.1.